The Bertz CT molecular complexity index is 362. The zero-order chi connectivity index (χ0) is 13.5. The highest BCUT2D eigenvalue weighted by Crippen LogP contribution is 2.22. The van der Waals surface area contributed by atoms with E-state index < -0.39 is 0 Å². The van der Waals surface area contributed by atoms with Crippen LogP contribution in [0.4, 0.5) is 5.82 Å². The standard InChI is InChI=1S/C13H26N4S/c1-6-7-14-10-12-11(2)15-17(4)13(12)16(3)8-9-18-5/h14H,6-10H2,1-5H3. The third-order valence-corrected chi connectivity index (χ3v) is 3.62. The van der Waals surface area contributed by atoms with E-state index >= 15 is 0 Å². The molecular weight excluding hydrogens is 244 g/mol. The number of nitrogens with zero attached hydrogens (tertiary/aromatic N) is 3. The van der Waals surface area contributed by atoms with E-state index in [4.69, 9.17) is 0 Å². The quantitative estimate of drug-likeness (QED) is 0.733. The van der Waals surface area contributed by atoms with Gasteiger partial charge in [0.05, 0.1) is 5.69 Å². The van der Waals surface area contributed by atoms with Gasteiger partial charge in [0, 0.05) is 38.5 Å². The van der Waals surface area contributed by atoms with Gasteiger partial charge in [-0.2, -0.15) is 16.9 Å². The van der Waals surface area contributed by atoms with Crippen molar-refractivity contribution in [3.05, 3.63) is 11.3 Å². The minimum Gasteiger partial charge on any atom is -0.359 e. The normalized spacial score (nSPS) is 10.9. The summed E-state index contributed by atoms with van der Waals surface area (Å²) in [6.07, 6.45) is 3.31. The molecule has 18 heavy (non-hydrogen) atoms. The Kier molecular flexibility index (Phi) is 6.57. The molecule has 1 rings (SSSR count). The zero-order valence-electron chi connectivity index (χ0n) is 12.3. The molecule has 0 saturated heterocycles. The van der Waals surface area contributed by atoms with Crippen molar-refractivity contribution in [3.63, 3.8) is 0 Å². The Morgan fingerprint density at radius 1 is 1.44 bits per heavy atom. The maximum absolute atomic E-state index is 4.55. The van der Waals surface area contributed by atoms with Crippen LogP contribution >= 0.6 is 11.8 Å². The Hall–Kier alpha value is -0.680. The molecule has 1 N–H and O–H groups in total. The molecule has 0 aliphatic heterocycles. The molecule has 4 nitrogen and oxygen atoms in total. The van der Waals surface area contributed by atoms with Crippen LogP contribution in [0, 0.1) is 6.92 Å². The van der Waals surface area contributed by atoms with Crippen LogP contribution in [0.5, 0.6) is 0 Å². The van der Waals surface area contributed by atoms with Gasteiger partial charge in [-0.1, -0.05) is 6.92 Å². The van der Waals surface area contributed by atoms with Crippen molar-refractivity contribution in [2.45, 2.75) is 26.8 Å². The SMILES string of the molecule is CCCNCc1c(C)nn(C)c1N(C)CCSC. The number of hydrogen-bond acceptors (Lipinski definition) is 4. The molecular formula is C13H26N4S. The van der Waals surface area contributed by atoms with Crippen LogP contribution in [0.3, 0.4) is 0 Å². The lowest BCUT2D eigenvalue weighted by Gasteiger charge is -2.20. The van der Waals surface area contributed by atoms with Crippen LogP contribution in [0.15, 0.2) is 0 Å². The van der Waals surface area contributed by atoms with Gasteiger partial charge >= 0.3 is 0 Å². The molecule has 0 amide bonds. The number of rotatable bonds is 8. The number of anilines is 1. The van der Waals surface area contributed by atoms with E-state index in [0.29, 0.717) is 0 Å². The molecule has 0 aliphatic rings. The molecule has 0 aliphatic carbocycles. The highest BCUT2D eigenvalue weighted by atomic mass is 32.2. The average Bonchev–Trinajstić information content (AvgIpc) is 2.62. The number of aryl methyl sites for hydroxylation is 2. The predicted octanol–water partition coefficient (Wildman–Crippen LogP) is 2.03. The van der Waals surface area contributed by atoms with E-state index in [1.165, 1.54) is 11.4 Å². The topological polar surface area (TPSA) is 33.1 Å². The summed E-state index contributed by atoms with van der Waals surface area (Å²) in [7, 11) is 4.18. The van der Waals surface area contributed by atoms with Gasteiger partial charge < -0.3 is 10.2 Å². The number of aromatic nitrogens is 2. The van der Waals surface area contributed by atoms with Crippen LogP contribution in [0.25, 0.3) is 0 Å². The summed E-state index contributed by atoms with van der Waals surface area (Å²) >= 11 is 1.88. The van der Waals surface area contributed by atoms with Gasteiger partial charge in [0.2, 0.25) is 0 Å². The van der Waals surface area contributed by atoms with E-state index in [0.717, 1.165) is 37.5 Å². The minimum atomic E-state index is 0.909. The largest absolute Gasteiger partial charge is 0.359 e. The molecule has 0 radical (unpaired) electrons. The predicted molar refractivity (Wildman–Crippen MR) is 81.6 cm³/mol. The molecule has 0 unspecified atom stereocenters. The van der Waals surface area contributed by atoms with Gasteiger partial charge in [-0.3, -0.25) is 4.68 Å². The van der Waals surface area contributed by atoms with Crippen molar-refractivity contribution in [1.29, 1.82) is 0 Å². The third kappa shape index (κ3) is 3.92. The molecule has 1 heterocycles. The summed E-state index contributed by atoms with van der Waals surface area (Å²) in [5.41, 5.74) is 2.46. The molecule has 5 heteroatoms. The smallest absolute Gasteiger partial charge is 0.131 e. The molecule has 0 aromatic carbocycles. The molecule has 1 aromatic heterocycles. The summed E-state index contributed by atoms with van der Waals surface area (Å²) < 4.78 is 2.00. The van der Waals surface area contributed by atoms with Gasteiger partial charge in [-0.05, 0) is 26.1 Å². The van der Waals surface area contributed by atoms with Crippen LogP contribution in [-0.2, 0) is 13.6 Å². The first-order valence-electron chi connectivity index (χ1n) is 6.55. The summed E-state index contributed by atoms with van der Waals surface area (Å²) in [6, 6.07) is 0. The lowest BCUT2D eigenvalue weighted by atomic mass is 10.2. The molecule has 0 saturated carbocycles. The highest BCUT2D eigenvalue weighted by Gasteiger charge is 2.16. The second-order valence-corrected chi connectivity index (χ2v) is 5.59. The first-order chi connectivity index (χ1) is 8.61. The summed E-state index contributed by atoms with van der Waals surface area (Å²) in [5, 5.41) is 8.02. The maximum atomic E-state index is 4.55. The van der Waals surface area contributed by atoms with Crippen LogP contribution < -0.4 is 10.2 Å². The van der Waals surface area contributed by atoms with Crippen molar-refractivity contribution in [2.24, 2.45) is 7.05 Å². The first-order valence-corrected chi connectivity index (χ1v) is 7.94. The van der Waals surface area contributed by atoms with Crippen LogP contribution in [0.2, 0.25) is 0 Å². The van der Waals surface area contributed by atoms with E-state index in [1.807, 2.05) is 23.5 Å². The highest BCUT2D eigenvalue weighted by molar-refractivity contribution is 7.98. The Labute approximate surface area is 115 Å². The molecule has 1 aromatic rings. The summed E-state index contributed by atoms with van der Waals surface area (Å²) in [6.45, 7) is 7.30. The third-order valence-electron chi connectivity index (χ3n) is 3.03. The van der Waals surface area contributed by atoms with Crippen molar-refractivity contribution < 1.29 is 0 Å². The van der Waals surface area contributed by atoms with Gasteiger partial charge in [0.1, 0.15) is 5.82 Å². The average molecular weight is 270 g/mol. The summed E-state index contributed by atoms with van der Waals surface area (Å²) in [4.78, 5) is 2.31. The Morgan fingerprint density at radius 2 is 2.17 bits per heavy atom. The zero-order valence-corrected chi connectivity index (χ0v) is 13.1. The minimum absolute atomic E-state index is 0.909. The first kappa shape index (κ1) is 15.4. The monoisotopic (exact) mass is 270 g/mol. The molecule has 0 fully saturated rings. The molecule has 0 bridgehead atoms. The van der Waals surface area contributed by atoms with E-state index in [-0.39, 0.29) is 0 Å². The van der Waals surface area contributed by atoms with Gasteiger partial charge in [0.15, 0.2) is 0 Å². The second kappa shape index (κ2) is 7.69. The van der Waals surface area contributed by atoms with Gasteiger partial charge in [-0.15, -0.1) is 0 Å². The second-order valence-electron chi connectivity index (χ2n) is 4.60. The maximum Gasteiger partial charge on any atom is 0.131 e. The fourth-order valence-corrected chi connectivity index (χ4v) is 2.55. The molecule has 104 valence electrons. The van der Waals surface area contributed by atoms with Gasteiger partial charge in [-0.25, -0.2) is 0 Å². The lowest BCUT2D eigenvalue weighted by molar-refractivity contribution is 0.671. The van der Waals surface area contributed by atoms with E-state index in [9.17, 15) is 0 Å². The van der Waals surface area contributed by atoms with E-state index in [2.05, 4.69) is 42.5 Å². The van der Waals surface area contributed by atoms with Crippen molar-refractivity contribution in [2.75, 3.05) is 37.0 Å². The lowest BCUT2D eigenvalue weighted by Crippen LogP contribution is -2.25. The van der Waals surface area contributed by atoms with Crippen molar-refractivity contribution in [1.82, 2.24) is 15.1 Å². The van der Waals surface area contributed by atoms with Crippen molar-refractivity contribution in [3.8, 4) is 0 Å². The summed E-state index contributed by atoms with van der Waals surface area (Å²) in [5.74, 6) is 2.38. The van der Waals surface area contributed by atoms with Crippen LogP contribution in [0.1, 0.15) is 24.6 Å². The number of hydrogen-bond donors (Lipinski definition) is 1. The number of nitrogens with one attached hydrogen (secondary N) is 1. The fraction of sp³-hybridized carbons (Fsp3) is 0.769. The Balaban J connectivity index is 2.80. The molecule has 0 spiro atoms. The van der Waals surface area contributed by atoms with E-state index in [1.54, 1.807) is 0 Å². The fourth-order valence-electron chi connectivity index (χ4n) is 2.10. The molecule has 0 atom stereocenters. The van der Waals surface area contributed by atoms with Crippen LogP contribution in [-0.4, -0.2) is 41.9 Å². The van der Waals surface area contributed by atoms with Crippen molar-refractivity contribution >= 4 is 17.6 Å². The number of thioether (sulfide) groups is 1. The van der Waals surface area contributed by atoms with Gasteiger partial charge in [0.25, 0.3) is 0 Å². The Morgan fingerprint density at radius 3 is 2.78 bits per heavy atom.